The van der Waals surface area contributed by atoms with E-state index in [-0.39, 0.29) is 30.1 Å². The van der Waals surface area contributed by atoms with E-state index >= 15 is 0 Å². The van der Waals surface area contributed by atoms with Crippen LogP contribution in [0.2, 0.25) is 5.02 Å². The van der Waals surface area contributed by atoms with Crippen LogP contribution < -0.4 is 5.32 Å². The fourth-order valence-electron chi connectivity index (χ4n) is 7.44. The summed E-state index contributed by atoms with van der Waals surface area (Å²) in [6.07, 6.45) is 10.9. The van der Waals surface area contributed by atoms with Crippen LogP contribution in [0.4, 0.5) is 4.79 Å². The zero-order valence-electron chi connectivity index (χ0n) is 25.9. The van der Waals surface area contributed by atoms with Crippen LogP contribution in [0.5, 0.6) is 0 Å². The summed E-state index contributed by atoms with van der Waals surface area (Å²) in [5.74, 6) is 0.125. The molecule has 3 aliphatic rings. The van der Waals surface area contributed by atoms with Crippen molar-refractivity contribution in [3.63, 3.8) is 0 Å². The summed E-state index contributed by atoms with van der Waals surface area (Å²) in [6.45, 7) is 1.31. The number of aliphatic hydroxyl groups is 1. The molecule has 2 saturated carbocycles. The number of nitrogens with one attached hydrogen (secondary N) is 1. The van der Waals surface area contributed by atoms with E-state index in [1.807, 2.05) is 73.6 Å². The molecule has 8 heteroatoms. The van der Waals surface area contributed by atoms with Gasteiger partial charge in [-0.25, -0.2) is 4.79 Å². The van der Waals surface area contributed by atoms with E-state index in [2.05, 4.69) is 10.2 Å². The molecule has 2 N–H and O–H groups in total. The summed E-state index contributed by atoms with van der Waals surface area (Å²) >= 11 is 6.16. The fraction of sp³-hybridized carbons (Fsp3) is 0.600. The Balaban J connectivity index is 1.24. The van der Waals surface area contributed by atoms with Crippen LogP contribution in [-0.4, -0.2) is 83.1 Å². The monoisotopic (exact) mass is 608 g/mol. The van der Waals surface area contributed by atoms with Crippen molar-refractivity contribution in [2.24, 2.45) is 0 Å². The van der Waals surface area contributed by atoms with Gasteiger partial charge in [0.05, 0.1) is 11.6 Å². The van der Waals surface area contributed by atoms with Crippen molar-refractivity contribution in [3.05, 3.63) is 70.7 Å². The number of urea groups is 1. The lowest BCUT2D eigenvalue weighted by molar-refractivity contribution is -0.135. The van der Waals surface area contributed by atoms with Gasteiger partial charge in [-0.15, -0.1) is 0 Å². The predicted molar refractivity (Wildman–Crippen MR) is 172 cm³/mol. The zero-order valence-corrected chi connectivity index (χ0v) is 26.6. The van der Waals surface area contributed by atoms with Crippen molar-refractivity contribution in [1.29, 1.82) is 0 Å². The Morgan fingerprint density at radius 2 is 1.51 bits per heavy atom. The Hall–Kier alpha value is -2.61. The van der Waals surface area contributed by atoms with Gasteiger partial charge in [-0.2, -0.15) is 0 Å². The molecular formula is C35H49ClN4O3. The molecule has 7 nitrogen and oxygen atoms in total. The van der Waals surface area contributed by atoms with Gasteiger partial charge in [0.15, 0.2) is 0 Å². The molecule has 3 amide bonds. The molecule has 0 unspecified atom stereocenters. The molecule has 0 bridgehead atoms. The highest BCUT2D eigenvalue weighted by molar-refractivity contribution is 6.30. The highest BCUT2D eigenvalue weighted by atomic mass is 35.5. The van der Waals surface area contributed by atoms with E-state index in [1.165, 1.54) is 19.3 Å². The van der Waals surface area contributed by atoms with Gasteiger partial charge in [0.2, 0.25) is 5.91 Å². The second-order valence-electron chi connectivity index (χ2n) is 13.2. The van der Waals surface area contributed by atoms with Crippen LogP contribution in [0.3, 0.4) is 0 Å². The Bertz CT molecular complexity index is 1190. The summed E-state index contributed by atoms with van der Waals surface area (Å²) in [4.78, 5) is 33.3. The molecule has 0 radical (unpaired) electrons. The number of likely N-dealkylation sites (tertiary alicyclic amines) is 1. The van der Waals surface area contributed by atoms with Gasteiger partial charge in [0, 0.05) is 50.3 Å². The quantitative estimate of drug-likeness (QED) is 0.387. The van der Waals surface area contributed by atoms with Crippen LogP contribution >= 0.6 is 11.6 Å². The van der Waals surface area contributed by atoms with Gasteiger partial charge in [-0.3, -0.25) is 4.79 Å². The molecule has 1 aliphatic heterocycles. The van der Waals surface area contributed by atoms with Crippen LogP contribution in [0, 0.1) is 0 Å². The third-order valence-electron chi connectivity index (χ3n) is 9.95. The van der Waals surface area contributed by atoms with Gasteiger partial charge in [-0.05, 0) is 81.0 Å². The van der Waals surface area contributed by atoms with E-state index < -0.39 is 5.60 Å². The zero-order chi connectivity index (χ0) is 30.4. The third kappa shape index (κ3) is 7.92. The highest BCUT2D eigenvalue weighted by Crippen LogP contribution is 2.37. The Kier molecular flexibility index (Phi) is 10.7. The average Bonchev–Trinajstić information content (AvgIpc) is 3.04. The molecule has 43 heavy (non-hydrogen) atoms. The fourth-order valence-corrected chi connectivity index (χ4v) is 7.57. The molecule has 0 aromatic heterocycles. The molecule has 5 rings (SSSR count). The van der Waals surface area contributed by atoms with Crippen molar-refractivity contribution >= 4 is 23.5 Å². The van der Waals surface area contributed by atoms with Gasteiger partial charge in [0.1, 0.15) is 0 Å². The molecular weight excluding hydrogens is 560 g/mol. The molecule has 3 fully saturated rings. The number of amides is 3. The SMILES string of the molecule is CN(C)C(=O)N(C1CCCCC1)C1CCN(C(=O)[C@H](Cc2ccc(Cl)cc2)NC2CCC(O)(c3ccccc3)CC2)CC1. The maximum absolute atomic E-state index is 14.1. The number of carbonyl (C=O) groups excluding carboxylic acids is 2. The number of piperidine rings is 1. The molecule has 0 spiro atoms. The number of hydrogen-bond donors (Lipinski definition) is 2. The number of nitrogens with zero attached hydrogens (tertiary/aromatic N) is 3. The minimum absolute atomic E-state index is 0.103. The molecule has 2 aromatic carbocycles. The van der Waals surface area contributed by atoms with E-state index in [4.69, 9.17) is 11.6 Å². The van der Waals surface area contributed by atoms with Crippen LogP contribution in [-0.2, 0) is 16.8 Å². The smallest absolute Gasteiger partial charge is 0.319 e. The minimum atomic E-state index is -0.814. The first kappa shape index (κ1) is 31.8. The van der Waals surface area contributed by atoms with E-state index in [0.717, 1.165) is 49.7 Å². The van der Waals surface area contributed by atoms with Crippen LogP contribution in [0.1, 0.15) is 81.8 Å². The second-order valence-corrected chi connectivity index (χ2v) is 13.6. The van der Waals surface area contributed by atoms with Crippen molar-refractivity contribution in [2.75, 3.05) is 27.2 Å². The van der Waals surface area contributed by atoms with E-state index in [1.54, 1.807) is 4.90 Å². The van der Waals surface area contributed by atoms with Crippen molar-refractivity contribution < 1.29 is 14.7 Å². The van der Waals surface area contributed by atoms with Crippen molar-refractivity contribution in [3.8, 4) is 0 Å². The number of rotatable bonds is 8. The topological polar surface area (TPSA) is 76.1 Å². The standard InChI is InChI=1S/C35H49ClN4O3/c1-38(2)34(42)40(30-11-7-4-8-12-30)31-19-23-39(24-20-31)33(41)32(25-26-13-15-28(36)16-14-26)37-29-17-21-35(43,22-18-29)27-9-5-3-6-10-27/h3,5-6,9-10,13-16,29-32,37,43H,4,7-8,11-12,17-25H2,1-2H3/t29?,32-,35?/m0/s1. The predicted octanol–water partition coefficient (Wildman–Crippen LogP) is 5.98. The normalized spacial score (nSPS) is 24.4. The first-order valence-electron chi connectivity index (χ1n) is 16.3. The lowest BCUT2D eigenvalue weighted by Crippen LogP contribution is -2.58. The van der Waals surface area contributed by atoms with Gasteiger partial charge >= 0.3 is 6.03 Å². The number of halogens is 1. The van der Waals surface area contributed by atoms with Gasteiger partial charge < -0.3 is 25.1 Å². The molecule has 1 atom stereocenters. The summed E-state index contributed by atoms with van der Waals surface area (Å²) in [5.41, 5.74) is 1.23. The highest BCUT2D eigenvalue weighted by Gasteiger charge is 2.39. The number of carbonyl (C=O) groups is 2. The molecule has 2 aliphatic carbocycles. The van der Waals surface area contributed by atoms with E-state index in [9.17, 15) is 14.7 Å². The van der Waals surface area contributed by atoms with Crippen LogP contribution in [0.25, 0.3) is 0 Å². The van der Waals surface area contributed by atoms with E-state index in [0.29, 0.717) is 43.4 Å². The molecule has 234 valence electrons. The third-order valence-corrected chi connectivity index (χ3v) is 10.2. The molecule has 2 aromatic rings. The first-order chi connectivity index (χ1) is 20.7. The number of hydrogen-bond acceptors (Lipinski definition) is 4. The Labute approximate surface area is 262 Å². The molecule has 1 saturated heterocycles. The second kappa shape index (κ2) is 14.4. The van der Waals surface area contributed by atoms with Crippen molar-refractivity contribution in [2.45, 2.75) is 107 Å². The number of benzene rings is 2. The Morgan fingerprint density at radius 1 is 0.907 bits per heavy atom. The average molecular weight is 609 g/mol. The molecule has 1 heterocycles. The largest absolute Gasteiger partial charge is 0.385 e. The summed E-state index contributed by atoms with van der Waals surface area (Å²) in [6, 6.07) is 18.1. The Morgan fingerprint density at radius 3 is 2.12 bits per heavy atom. The minimum Gasteiger partial charge on any atom is -0.385 e. The van der Waals surface area contributed by atoms with Gasteiger partial charge in [0.25, 0.3) is 0 Å². The van der Waals surface area contributed by atoms with Crippen LogP contribution in [0.15, 0.2) is 54.6 Å². The summed E-state index contributed by atoms with van der Waals surface area (Å²) in [7, 11) is 3.69. The van der Waals surface area contributed by atoms with Gasteiger partial charge in [-0.1, -0.05) is 73.3 Å². The maximum atomic E-state index is 14.1. The maximum Gasteiger partial charge on any atom is 0.319 e. The summed E-state index contributed by atoms with van der Waals surface area (Å²) in [5, 5.41) is 15.8. The van der Waals surface area contributed by atoms with Crippen molar-refractivity contribution in [1.82, 2.24) is 20.0 Å². The lowest BCUT2D eigenvalue weighted by atomic mass is 9.77. The lowest BCUT2D eigenvalue weighted by Gasteiger charge is -2.45. The first-order valence-corrected chi connectivity index (χ1v) is 16.7. The summed E-state index contributed by atoms with van der Waals surface area (Å²) < 4.78 is 0.